The molecule has 0 bridgehead atoms. The second kappa shape index (κ2) is 6.04. The molecule has 2 rings (SSSR count). The number of benzene rings is 2. The van der Waals surface area contributed by atoms with Gasteiger partial charge in [-0.25, -0.2) is 8.78 Å². The smallest absolute Gasteiger partial charge is 0.197 e. The largest absolute Gasteiger partial charge is 0.507 e. The van der Waals surface area contributed by atoms with Crippen LogP contribution in [0.1, 0.15) is 27.0 Å². The summed E-state index contributed by atoms with van der Waals surface area (Å²) in [5.74, 6) is -0.954. The number of phenolic OH excluding ortho intramolecular Hbond substituents is 1. The highest BCUT2D eigenvalue weighted by Gasteiger charge is 2.20. The molecule has 0 fully saturated rings. The van der Waals surface area contributed by atoms with Gasteiger partial charge < -0.3 is 5.11 Å². The van der Waals surface area contributed by atoms with Gasteiger partial charge in [0.25, 0.3) is 0 Å². The highest BCUT2D eigenvalue weighted by molar-refractivity contribution is 5.99. The number of halogens is 2. The number of aromatic hydroxyl groups is 1. The Morgan fingerprint density at radius 1 is 1.14 bits per heavy atom. The first-order chi connectivity index (χ1) is 9.88. The van der Waals surface area contributed by atoms with Crippen LogP contribution < -0.4 is 0 Å². The first-order valence-electron chi connectivity index (χ1n) is 6.61. The molecular weight excluding hydrogens is 274 g/mol. The normalized spacial score (nSPS) is 12.2. The minimum absolute atomic E-state index is 0.0713. The summed E-state index contributed by atoms with van der Waals surface area (Å²) in [6, 6.07) is 8.14. The molecule has 2 aromatic carbocycles. The number of carbonyl (C=O) groups excluding carboxylic acids is 1. The van der Waals surface area contributed by atoms with Crippen molar-refractivity contribution in [3.05, 3.63) is 64.5 Å². The van der Waals surface area contributed by atoms with E-state index < -0.39 is 17.8 Å². The average molecular weight is 290 g/mol. The van der Waals surface area contributed by atoms with E-state index in [0.717, 1.165) is 12.1 Å². The zero-order valence-electron chi connectivity index (χ0n) is 11.9. The summed E-state index contributed by atoms with van der Waals surface area (Å²) >= 11 is 0. The summed E-state index contributed by atoms with van der Waals surface area (Å²) in [6.07, 6.45) is -1.77. The van der Waals surface area contributed by atoms with E-state index in [1.54, 1.807) is 26.0 Å². The lowest BCUT2D eigenvalue weighted by Gasteiger charge is -2.11. The summed E-state index contributed by atoms with van der Waals surface area (Å²) in [4.78, 5) is 12.0. The van der Waals surface area contributed by atoms with Gasteiger partial charge >= 0.3 is 0 Å². The van der Waals surface area contributed by atoms with Crippen LogP contribution >= 0.6 is 0 Å². The van der Waals surface area contributed by atoms with Crippen molar-refractivity contribution in [2.75, 3.05) is 0 Å². The fourth-order valence-corrected chi connectivity index (χ4v) is 2.26. The van der Waals surface area contributed by atoms with Gasteiger partial charge in [0, 0.05) is 12.0 Å². The van der Waals surface area contributed by atoms with Crippen molar-refractivity contribution in [1.82, 2.24) is 0 Å². The molecule has 0 saturated carbocycles. The van der Waals surface area contributed by atoms with Crippen LogP contribution in [0.15, 0.2) is 36.4 Å². The van der Waals surface area contributed by atoms with Gasteiger partial charge in [-0.05, 0) is 54.8 Å². The maximum Gasteiger partial charge on any atom is 0.197 e. The Morgan fingerprint density at radius 3 is 2.19 bits per heavy atom. The Labute approximate surface area is 122 Å². The van der Waals surface area contributed by atoms with E-state index in [9.17, 15) is 18.7 Å². The summed E-state index contributed by atoms with van der Waals surface area (Å²) in [5, 5.41) is 9.68. The summed E-state index contributed by atoms with van der Waals surface area (Å²) in [7, 11) is 0. The van der Waals surface area contributed by atoms with Crippen LogP contribution in [-0.2, 0) is 6.42 Å². The van der Waals surface area contributed by atoms with Crippen LogP contribution in [0, 0.1) is 19.7 Å². The molecule has 1 atom stereocenters. The van der Waals surface area contributed by atoms with Gasteiger partial charge in [0.2, 0.25) is 0 Å². The van der Waals surface area contributed by atoms with E-state index >= 15 is 0 Å². The standard InChI is InChI=1S/C17H16F2O2/c1-10-7-12(8-11(2)16(10)20)9-15(19)17(21)13-3-5-14(18)6-4-13/h3-8,15,20H,9H2,1-2H3/t15-/m0/s1. The fraction of sp³-hybridized carbons (Fsp3) is 0.235. The van der Waals surface area contributed by atoms with Crippen molar-refractivity contribution in [2.45, 2.75) is 26.4 Å². The van der Waals surface area contributed by atoms with Crippen molar-refractivity contribution in [1.29, 1.82) is 0 Å². The van der Waals surface area contributed by atoms with Crippen LogP contribution in [0.4, 0.5) is 8.78 Å². The molecule has 0 unspecified atom stereocenters. The third-order valence-corrected chi connectivity index (χ3v) is 3.38. The molecular formula is C17H16F2O2. The number of ketones is 1. The molecule has 0 spiro atoms. The zero-order chi connectivity index (χ0) is 15.6. The maximum atomic E-state index is 14.1. The predicted molar refractivity (Wildman–Crippen MR) is 76.9 cm³/mol. The monoisotopic (exact) mass is 290 g/mol. The number of phenols is 1. The number of carbonyl (C=O) groups is 1. The van der Waals surface area contributed by atoms with Crippen LogP contribution in [0.25, 0.3) is 0 Å². The Balaban J connectivity index is 2.16. The number of rotatable bonds is 4. The average Bonchev–Trinajstić information content (AvgIpc) is 2.44. The highest BCUT2D eigenvalue weighted by atomic mass is 19.1. The summed E-state index contributed by atoms with van der Waals surface area (Å²) < 4.78 is 26.9. The molecule has 1 N–H and O–H groups in total. The van der Waals surface area contributed by atoms with Crippen molar-refractivity contribution in [3.8, 4) is 5.75 Å². The minimum atomic E-state index is -1.70. The van der Waals surface area contributed by atoms with Crippen molar-refractivity contribution in [2.24, 2.45) is 0 Å². The van der Waals surface area contributed by atoms with E-state index in [1.807, 2.05) is 0 Å². The molecule has 0 radical (unpaired) electrons. The number of Topliss-reactive ketones (excluding diaryl/α,β-unsaturated/α-hetero) is 1. The first kappa shape index (κ1) is 15.2. The molecule has 4 heteroatoms. The molecule has 21 heavy (non-hydrogen) atoms. The maximum absolute atomic E-state index is 14.1. The number of aryl methyl sites for hydroxylation is 2. The van der Waals surface area contributed by atoms with Crippen LogP contribution in [-0.4, -0.2) is 17.1 Å². The van der Waals surface area contributed by atoms with Crippen LogP contribution in [0.2, 0.25) is 0 Å². The minimum Gasteiger partial charge on any atom is -0.507 e. The Kier molecular flexibility index (Phi) is 4.36. The van der Waals surface area contributed by atoms with Gasteiger partial charge in [0.1, 0.15) is 11.6 Å². The van der Waals surface area contributed by atoms with Crippen molar-refractivity contribution >= 4 is 5.78 Å². The van der Waals surface area contributed by atoms with E-state index in [1.165, 1.54) is 12.1 Å². The molecule has 0 saturated heterocycles. The number of alkyl halides is 1. The third kappa shape index (κ3) is 3.45. The highest BCUT2D eigenvalue weighted by Crippen LogP contribution is 2.24. The van der Waals surface area contributed by atoms with E-state index in [2.05, 4.69) is 0 Å². The second-order valence-electron chi connectivity index (χ2n) is 5.12. The van der Waals surface area contributed by atoms with Crippen LogP contribution in [0.5, 0.6) is 5.75 Å². The quantitative estimate of drug-likeness (QED) is 0.867. The third-order valence-electron chi connectivity index (χ3n) is 3.38. The molecule has 0 aliphatic carbocycles. The number of hydrogen-bond acceptors (Lipinski definition) is 2. The Morgan fingerprint density at radius 2 is 1.67 bits per heavy atom. The topological polar surface area (TPSA) is 37.3 Å². The first-order valence-corrected chi connectivity index (χ1v) is 6.61. The van der Waals surface area contributed by atoms with Gasteiger partial charge in [-0.15, -0.1) is 0 Å². The fourth-order valence-electron chi connectivity index (χ4n) is 2.26. The summed E-state index contributed by atoms with van der Waals surface area (Å²) in [5.41, 5.74) is 2.08. The number of hydrogen-bond donors (Lipinski definition) is 1. The van der Waals surface area contributed by atoms with E-state index in [0.29, 0.717) is 16.7 Å². The lowest BCUT2D eigenvalue weighted by molar-refractivity contribution is 0.0877. The molecule has 2 nitrogen and oxygen atoms in total. The van der Waals surface area contributed by atoms with Gasteiger partial charge in [-0.3, -0.25) is 4.79 Å². The van der Waals surface area contributed by atoms with Gasteiger partial charge in [0.15, 0.2) is 12.0 Å². The Bertz CT molecular complexity index is 640. The van der Waals surface area contributed by atoms with Crippen LogP contribution in [0.3, 0.4) is 0 Å². The Hall–Kier alpha value is -2.23. The van der Waals surface area contributed by atoms with Crippen molar-refractivity contribution in [3.63, 3.8) is 0 Å². The van der Waals surface area contributed by atoms with Crippen molar-refractivity contribution < 1.29 is 18.7 Å². The lowest BCUT2D eigenvalue weighted by atomic mass is 9.98. The summed E-state index contributed by atoms with van der Waals surface area (Å²) in [6.45, 7) is 3.45. The van der Waals surface area contributed by atoms with E-state index in [4.69, 9.17) is 0 Å². The van der Waals surface area contributed by atoms with Gasteiger partial charge in [0.05, 0.1) is 0 Å². The molecule has 0 aliphatic heterocycles. The molecule has 2 aromatic rings. The molecule has 0 aliphatic rings. The van der Waals surface area contributed by atoms with Gasteiger partial charge in [-0.1, -0.05) is 12.1 Å². The predicted octanol–water partition coefficient (Wildman–Crippen LogP) is 3.91. The molecule has 0 aromatic heterocycles. The molecule has 0 heterocycles. The molecule has 0 amide bonds. The van der Waals surface area contributed by atoms with Gasteiger partial charge in [-0.2, -0.15) is 0 Å². The molecule has 110 valence electrons. The lowest BCUT2D eigenvalue weighted by Crippen LogP contribution is -2.18. The van der Waals surface area contributed by atoms with E-state index in [-0.39, 0.29) is 17.7 Å². The second-order valence-corrected chi connectivity index (χ2v) is 5.12. The zero-order valence-corrected chi connectivity index (χ0v) is 11.9. The SMILES string of the molecule is Cc1cc(C[C@H](F)C(=O)c2ccc(F)cc2)cc(C)c1O.